The number of rotatable bonds is 45. The number of hydrogen-bond donors (Lipinski definition) is 6. The summed E-state index contributed by atoms with van der Waals surface area (Å²) in [5.41, 5.74) is 4.16. The number of ether oxygens (including phenoxy) is 8. The summed E-state index contributed by atoms with van der Waals surface area (Å²) in [5, 5.41) is 15.2. The molecule has 4 aromatic rings. The molecule has 2 aromatic heterocycles. The molecule has 80 heavy (non-hydrogen) atoms. The maximum Gasteiger partial charge on any atom is 0.315 e. The molecule has 2 fully saturated rings. The van der Waals surface area contributed by atoms with Gasteiger partial charge in [-0.15, -0.1) is 0 Å². The van der Waals surface area contributed by atoms with Crippen molar-refractivity contribution in [1.29, 1.82) is 0 Å². The molecule has 0 bridgehead atoms. The third-order valence-corrected chi connectivity index (χ3v) is 14.6. The van der Waals surface area contributed by atoms with Crippen molar-refractivity contribution in [3.63, 3.8) is 0 Å². The molecular weight excluding hydrogens is 1050 g/mol. The lowest BCUT2D eigenvalue weighted by Crippen LogP contribution is -2.36. The van der Waals surface area contributed by atoms with Gasteiger partial charge < -0.3 is 69.5 Å². The van der Waals surface area contributed by atoms with Crippen LogP contribution >= 0.6 is 11.8 Å². The molecule has 2 aliphatic heterocycles. The van der Waals surface area contributed by atoms with E-state index in [2.05, 4.69) is 36.6 Å². The number of halogens is 1. The molecule has 0 unspecified atom stereocenters. The van der Waals surface area contributed by atoms with E-state index in [1.54, 1.807) is 24.5 Å². The minimum absolute atomic E-state index is 0.0102. The number of amides is 5. The number of nitrogens with zero attached hydrogens (tertiary/aromatic N) is 2. The molecule has 0 spiro atoms. The molecule has 0 saturated carbocycles. The van der Waals surface area contributed by atoms with Gasteiger partial charge in [0, 0.05) is 79.0 Å². The van der Waals surface area contributed by atoms with Crippen molar-refractivity contribution < 1.29 is 61.5 Å². The van der Waals surface area contributed by atoms with Gasteiger partial charge in [-0.25, -0.2) is 14.2 Å². The molecule has 0 aliphatic carbocycles. The summed E-state index contributed by atoms with van der Waals surface area (Å²) in [4.78, 5) is 60.4. The number of aromatic nitrogens is 3. The number of carbonyl (C=O) groups is 4. The summed E-state index contributed by atoms with van der Waals surface area (Å²) >= 11 is 1.90. The SMILES string of the molecule is O=C(CCCCCNC(=O)CCCC[C@@H]1SC[C@@H]2NC(=O)N[C@@H]21)NCCCCCC(=O)NCCOCCOCCOCCOCCOCCOCCOCCOc1ccc(-c2nc(-c3ccc(F)cc3)c(-c3ccncc3)[nH]2)cc1. The second-order valence-corrected chi connectivity index (χ2v) is 20.5. The zero-order valence-electron chi connectivity index (χ0n) is 46.2. The van der Waals surface area contributed by atoms with E-state index in [1.807, 2.05) is 48.2 Å². The van der Waals surface area contributed by atoms with Gasteiger partial charge in [-0.2, -0.15) is 11.8 Å². The van der Waals surface area contributed by atoms with E-state index in [9.17, 15) is 23.6 Å². The van der Waals surface area contributed by atoms with Crippen LogP contribution in [0.4, 0.5) is 9.18 Å². The number of hydrogen-bond acceptors (Lipinski definition) is 15. The van der Waals surface area contributed by atoms with Crippen LogP contribution in [0.5, 0.6) is 5.75 Å². The summed E-state index contributed by atoms with van der Waals surface area (Å²) in [7, 11) is 0. The van der Waals surface area contributed by atoms with E-state index in [0.29, 0.717) is 155 Å². The lowest BCUT2D eigenvalue weighted by Gasteiger charge is -2.16. The predicted octanol–water partition coefficient (Wildman–Crippen LogP) is 6.64. The normalized spacial score (nSPS) is 15.6. The molecule has 20 nitrogen and oxygen atoms in total. The maximum absolute atomic E-state index is 13.6. The second kappa shape index (κ2) is 38.8. The van der Waals surface area contributed by atoms with Crippen LogP contribution in [0.15, 0.2) is 73.1 Å². The summed E-state index contributed by atoms with van der Waals surface area (Å²) in [6, 6.07) is 18.1. The third kappa shape index (κ3) is 25.4. The highest BCUT2D eigenvalue weighted by atomic mass is 32.2. The predicted molar refractivity (Wildman–Crippen MR) is 304 cm³/mol. The van der Waals surface area contributed by atoms with Crippen molar-refractivity contribution in [2.24, 2.45) is 0 Å². The monoisotopic (exact) mass is 1130 g/mol. The molecule has 440 valence electrons. The molecular formula is C58H83FN8O12S. The number of unbranched alkanes of at least 4 members (excludes halogenated alkanes) is 5. The van der Waals surface area contributed by atoms with Crippen molar-refractivity contribution in [1.82, 2.24) is 41.5 Å². The van der Waals surface area contributed by atoms with Gasteiger partial charge in [0.2, 0.25) is 17.7 Å². The summed E-state index contributed by atoms with van der Waals surface area (Å²) in [6.45, 7) is 8.27. The number of imidazole rings is 1. The molecule has 2 aliphatic rings. The number of thioether (sulfide) groups is 1. The molecule has 5 amide bonds. The zero-order valence-corrected chi connectivity index (χ0v) is 47.0. The Kier molecular flexibility index (Phi) is 30.8. The number of pyridine rings is 1. The van der Waals surface area contributed by atoms with E-state index < -0.39 is 0 Å². The Balaban J connectivity index is 0.608. The minimum atomic E-state index is -0.303. The number of urea groups is 1. The van der Waals surface area contributed by atoms with Crippen LogP contribution in [0.2, 0.25) is 0 Å². The Labute approximate surface area is 474 Å². The Hall–Kier alpha value is -5.72. The second-order valence-electron chi connectivity index (χ2n) is 19.3. The van der Waals surface area contributed by atoms with Crippen LogP contribution in [0, 0.1) is 5.82 Å². The quantitative estimate of drug-likeness (QED) is 0.0201. The largest absolute Gasteiger partial charge is 0.491 e. The standard InChI is InChI=1S/C58H83FN8O12S/c59-47-17-13-44(14-18-47)54-55(45-21-25-60-26-22-45)66-57(65-54)46-15-19-48(20-16-46)79-42-41-78-40-39-77-38-37-76-36-35-75-34-33-74-32-31-73-30-29-72-28-27-63-53(70)11-4-2-8-23-61-51(68)10-3-1-7-24-62-52(69)12-6-5-9-50-56-49(43-80-50)64-58(71)67-56/h13-22,25-26,49-50,56H,1-12,23-24,27-43H2,(H,61,68)(H,62,69)(H,63,70)(H,65,66)(H2,64,67,71)/t49-,50-,56-/m0/s1. The van der Waals surface area contributed by atoms with Crippen LogP contribution in [-0.2, 0) is 47.5 Å². The summed E-state index contributed by atoms with van der Waals surface area (Å²) < 4.78 is 58.4. The van der Waals surface area contributed by atoms with Crippen LogP contribution in [0.25, 0.3) is 33.9 Å². The highest BCUT2D eigenvalue weighted by Crippen LogP contribution is 2.34. The van der Waals surface area contributed by atoms with Gasteiger partial charge in [-0.1, -0.05) is 19.3 Å². The van der Waals surface area contributed by atoms with Gasteiger partial charge in [0.1, 0.15) is 24.0 Å². The average Bonchev–Trinajstić information content (AvgIpc) is 4.23. The van der Waals surface area contributed by atoms with Crippen molar-refractivity contribution in [2.45, 2.75) is 94.4 Å². The molecule has 3 atom stereocenters. The van der Waals surface area contributed by atoms with Crippen LogP contribution in [0.3, 0.4) is 0 Å². The summed E-state index contributed by atoms with van der Waals surface area (Å²) in [5.74, 6) is 2.14. The fraction of sp³-hybridized carbons (Fsp3) is 0.586. The van der Waals surface area contributed by atoms with Crippen molar-refractivity contribution in [2.75, 3.05) is 124 Å². The Morgan fingerprint density at radius 3 is 1.57 bits per heavy atom. The maximum atomic E-state index is 13.6. The Morgan fingerprint density at radius 1 is 0.537 bits per heavy atom. The number of benzene rings is 2. The lowest BCUT2D eigenvalue weighted by molar-refractivity contribution is -0.122. The smallest absolute Gasteiger partial charge is 0.315 e. The van der Waals surface area contributed by atoms with Crippen LogP contribution in [0.1, 0.15) is 77.0 Å². The number of fused-ring (bicyclic) bond motifs is 1. The Bertz CT molecular complexity index is 2360. The molecule has 22 heteroatoms. The van der Waals surface area contributed by atoms with Gasteiger partial charge in [-0.05, 0) is 99.2 Å². The molecule has 0 radical (unpaired) electrons. The average molecular weight is 1140 g/mol. The van der Waals surface area contributed by atoms with Crippen molar-refractivity contribution in [3.8, 4) is 39.7 Å². The first-order valence-corrected chi connectivity index (χ1v) is 29.4. The van der Waals surface area contributed by atoms with Gasteiger partial charge in [0.05, 0.1) is 116 Å². The lowest BCUT2D eigenvalue weighted by atomic mass is 10.0. The minimum Gasteiger partial charge on any atom is -0.491 e. The van der Waals surface area contributed by atoms with E-state index in [-0.39, 0.29) is 41.7 Å². The fourth-order valence-electron chi connectivity index (χ4n) is 8.84. The number of H-pyrrole nitrogens is 1. The molecule has 6 rings (SSSR count). The molecule has 2 aromatic carbocycles. The van der Waals surface area contributed by atoms with Gasteiger partial charge in [0.25, 0.3) is 0 Å². The molecule has 6 N–H and O–H groups in total. The number of aromatic amines is 1. The van der Waals surface area contributed by atoms with E-state index >= 15 is 0 Å². The molecule has 2 saturated heterocycles. The zero-order chi connectivity index (χ0) is 56.1. The number of carbonyl (C=O) groups excluding carboxylic acids is 4. The van der Waals surface area contributed by atoms with Crippen molar-refractivity contribution >= 4 is 35.5 Å². The van der Waals surface area contributed by atoms with Crippen LogP contribution in [-0.4, -0.2) is 181 Å². The van der Waals surface area contributed by atoms with Gasteiger partial charge in [0.15, 0.2) is 0 Å². The first kappa shape index (κ1) is 63.5. The number of nitrogens with one attached hydrogen (secondary N) is 6. The van der Waals surface area contributed by atoms with E-state index in [1.165, 1.54) is 12.1 Å². The Morgan fingerprint density at radius 2 is 1.02 bits per heavy atom. The third-order valence-electron chi connectivity index (χ3n) is 13.1. The first-order valence-electron chi connectivity index (χ1n) is 28.3. The van der Waals surface area contributed by atoms with Crippen LogP contribution < -0.4 is 31.3 Å². The molecule has 4 heterocycles. The van der Waals surface area contributed by atoms with E-state index in [0.717, 1.165) is 91.6 Å². The van der Waals surface area contributed by atoms with Gasteiger partial charge >= 0.3 is 6.03 Å². The topological polar surface area (TPSA) is 244 Å². The summed E-state index contributed by atoms with van der Waals surface area (Å²) in [6.07, 6.45) is 12.6. The van der Waals surface area contributed by atoms with E-state index in [4.69, 9.17) is 42.9 Å². The first-order chi connectivity index (χ1) is 39.3. The van der Waals surface area contributed by atoms with Crippen molar-refractivity contribution in [3.05, 3.63) is 78.9 Å². The fourth-order valence-corrected chi connectivity index (χ4v) is 10.4. The van der Waals surface area contributed by atoms with Gasteiger partial charge in [-0.3, -0.25) is 19.4 Å². The highest BCUT2D eigenvalue weighted by molar-refractivity contribution is 8.00. The highest BCUT2D eigenvalue weighted by Gasteiger charge is 2.42.